The van der Waals surface area contributed by atoms with Gasteiger partial charge in [-0.1, -0.05) is 6.92 Å². The molecule has 1 saturated heterocycles. The standard InChI is InChI=1S/C14H23N3/c1-3-16-14-6-9-17(12(2)10-14)11-13-4-7-15-8-5-13/h4-5,7-8,12,14,16H,3,6,9-11H2,1-2H3. The number of nitrogens with zero attached hydrogens (tertiary/aromatic N) is 2. The molecule has 0 aromatic carbocycles. The molecule has 0 amide bonds. The van der Waals surface area contributed by atoms with Gasteiger partial charge in [-0.3, -0.25) is 9.88 Å². The Bertz CT molecular complexity index is 325. The van der Waals surface area contributed by atoms with Crippen LogP contribution in [-0.4, -0.2) is 35.1 Å². The number of pyridine rings is 1. The Morgan fingerprint density at radius 1 is 1.41 bits per heavy atom. The highest BCUT2D eigenvalue weighted by atomic mass is 15.2. The second kappa shape index (κ2) is 6.12. The second-order valence-electron chi connectivity index (χ2n) is 4.95. The summed E-state index contributed by atoms with van der Waals surface area (Å²) in [5.41, 5.74) is 1.37. The van der Waals surface area contributed by atoms with Crippen molar-refractivity contribution >= 4 is 0 Å². The van der Waals surface area contributed by atoms with Gasteiger partial charge in [0.2, 0.25) is 0 Å². The summed E-state index contributed by atoms with van der Waals surface area (Å²) in [4.78, 5) is 6.64. The molecule has 0 bridgehead atoms. The van der Waals surface area contributed by atoms with Gasteiger partial charge in [-0.2, -0.15) is 0 Å². The van der Waals surface area contributed by atoms with Gasteiger partial charge in [-0.05, 0) is 44.0 Å². The smallest absolute Gasteiger partial charge is 0.0271 e. The SMILES string of the molecule is CCNC1CCN(Cc2ccncc2)C(C)C1. The molecule has 94 valence electrons. The highest BCUT2D eigenvalue weighted by Gasteiger charge is 2.24. The molecule has 3 heteroatoms. The van der Waals surface area contributed by atoms with Crippen LogP contribution in [-0.2, 0) is 6.54 Å². The maximum Gasteiger partial charge on any atom is 0.0271 e. The maximum absolute atomic E-state index is 4.07. The lowest BCUT2D eigenvalue weighted by Gasteiger charge is -2.38. The van der Waals surface area contributed by atoms with E-state index in [1.165, 1.54) is 24.9 Å². The normalized spacial score (nSPS) is 26.0. The Morgan fingerprint density at radius 3 is 2.82 bits per heavy atom. The first-order chi connectivity index (χ1) is 8.29. The van der Waals surface area contributed by atoms with E-state index in [0.717, 1.165) is 13.1 Å². The van der Waals surface area contributed by atoms with E-state index in [1.807, 2.05) is 12.4 Å². The maximum atomic E-state index is 4.07. The fourth-order valence-corrected chi connectivity index (χ4v) is 2.65. The van der Waals surface area contributed by atoms with Crippen LogP contribution in [0.15, 0.2) is 24.5 Å². The van der Waals surface area contributed by atoms with Gasteiger partial charge in [-0.15, -0.1) is 0 Å². The van der Waals surface area contributed by atoms with Crippen molar-refractivity contribution in [2.24, 2.45) is 0 Å². The van der Waals surface area contributed by atoms with Gasteiger partial charge < -0.3 is 5.32 Å². The van der Waals surface area contributed by atoms with Gasteiger partial charge in [0.25, 0.3) is 0 Å². The van der Waals surface area contributed by atoms with Crippen LogP contribution in [0.5, 0.6) is 0 Å². The minimum Gasteiger partial charge on any atom is -0.314 e. The van der Waals surface area contributed by atoms with E-state index in [-0.39, 0.29) is 0 Å². The summed E-state index contributed by atoms with van der Waals surface area (Å²) in [5, 5.41) is 3.56. The lowest BCUT2D eigenvalue weighted by atomic mass is 9.97. The Balaban J connectivity index is 1.87. The monoisotopic (exact) mass is 233 g/mol. The number of likely N-dealkylation sites (tertiary alicyclic amines) is 1. The lowest BCUT2D eigenvalue weighted by Crippen LogP contribution is -2.46. The van der Waals surface area contributed by atoms with Gasteiger partial charge in [0.1, 0.15) is 0 Å². The lowest BCUT2D eigenvalue weighted by molar-refractivity contribution is 0.129. The first-order valence-electron chi connectivity index (χ1n) is 6.66. The fraction of sp³-hybridized carbons (Fsp3) is 0.643. The third kappa shape index (κ3) is 3.51. The highest BCUT2D eigenvalue weighted by Crippen LogP contribution is 2.19. The zero-order valence-corrected chi connectivity index (χ0v) is 10.9. The summed E-state index contributed by atoms with van der Waals surface area (Å²) in [6.07, 6.45) is 6.29. The van der Waals surface area contributed by atoms with E-state index in [1.54, 1.807) is 0 Å². The zero-order chi connectivity index (χ0) is 12.1. The molecule has 2 atom stereocenters. The molecule has 3 nitrogen and oxygen atoms in total. The third-order valence-corrected chi connectivity index (χ3v) is 3.64. The Morgan fingerprint density at radius 2 is 2.18 bits per heavy atom. The van der Waals surface area contributed by atoms with E-state index in [9.17, 15) is 0 Å². The summed E-state index contributed by atoms with van der Waals surface area (Å²) < 4.78 is 0. The Hall–Kier alpha value is -0.930. The number of rotatable bonds is 4. The van der Waals surface area contributed by atoms with E-state index in [4.69, 9.17) is 0 Å². The van der Waals surface area contributed by atoms with Crippen molar-refractivity contribution in [1.82, 2.24) is 15.2 Å². The topological polar surface area (TPSA) is 28.2 Å². The largest absolute Gasteiger partial charge is 0.314 e. The van der Waals surface area contributed by atoms with Crippen LogP contribution in [0.3, 0.4) is 0 Å². The third-order valence-electron chi connectivity index (χ3n) is 3.64. The molecular weight excluding hydrogens is 210 g/mol. The second-order valence-corrected chi connectivity index (χ2v) is 4.95. The van der Waals surface area contributed by atoms with Crippen molar-refractivity contribution in [3.63, 3.8) is 0 Å². The molecule has 1 fully saturated rings. The van der Waals surface area contributed by atoms with Gasteiger partial charge in [0.15, 0.2) is 0 Å². The quantitative estimate of drug-likeness (QED) is 0.862. The first-order valence-corrected chi connectivity index (χ1v) is 6.66. The molecule has 0 radical (unpaired) electrons. The summed E-state index contributed by atoms with van der Waals surface area (Å²) in [6, 6.07) is 5.61. The average molecular weight is 233 g/mol. The molecule has 0 aliphatic carbocycles. The number of hydrogen-bond donors (Lipinski definition) is 1. The molecule has 2 rings (SSSR count). The molecule has 1 aliphatic heterocycles. The molecule has 1 aromatic rings. The molecule has 0 spiro atoms. The average Bonchev–Trinajstić information content (AvgIpc) is 2.34. The minimum atomic E-state index is 0.668. The number of piperidine rings is 1. The summed E-state index contributed by atoms with van der Waals surface area (Å²) >= 11 is 0. The van der Waals surface area contributed by atoms with Gasteiger partial charge in [0.05, 0.1) is 0 Å². The summed E-state index contributed by atoms with van der Waals surface area (Å²) in [7, 11) is 0. The zero-order valence-electron chi connectivity index (χ0n) is 10.9. The molecular formula is C14H23N3. The van der Waals surface area contributed by atoms with Crippen molar-refractivity contribution in [2.45, 2.75) is 45.3 Å². The van der Waals surface area contributed by atoms with Crippen LogP contribution in [0.25, 0.3) is 0 Å². The van der Waals surface area contributed by atoms with Crippen molar-refractivity contribution in [2.75, 3.05) is 13.1 Å². The van der Waals surface area contributed by atoms with Crippen LogP contribution < -0.4 is 5.32 Å². The molecule has 17 heavy (non-hydrogen) atoms. The first kappa shape index (κ1) is 12.5. The molecule has 1 aromatic heterocycles. The molecule has 0 saturated carbocycles. The van der Waals surface area contributed by atoms with Gasteiger partial charge >= 0.3 is 0 Å². The van der Waals surface area contributed by atoms with Crippen molar-refractivity contribution in [3.05, 3.63) is 30.1 Å². The van der Waals surface area contributed by atoms with Crippen molar-refractivity contribution in [3.8, 4) is 0 Å². The molecule has 2 heterocycles. The fourth-order valence-electron chi connectivity index (χ4n) is 2.65. The summed E-state index contributed by atoms with van der Waals surface area (Å²) in [6.45, 7) is 7.87. The molecule has 1 aliphatic rings. The Kier molecular flexibility index (Phi) is 4.51. The van der Waals surface area contributed by atoms with Crippen LogP contribution in [0.4, 0.5) is 0 Å². The van der Waals surface area contributed by atoms with E-state index in [0.29, 0.717) is 12.1 Å². The van der Waals surface area contributed by atoms with E-state index < -0.39 is 0 Å². The van der Waals surface area contributed by atoms with Gasteiger partial charge in [-0.25, -0.2) is 0 Å². The predicted octanol–water partition coefficient (Wildman–Crippen LogP) is 2.04. The van der Waals surface area contributed by atoms with Gasteiger partial charge in [0, 0.05) is 37.6 Å². The van der Waals surface area contributed by atoms with Crippen LogP contribution in [0.2, 0.25) is 0 Å². The minimum absolute atomic E-state index is 0.668. The molecule has 1 N–H and O–H groups in total. The molecule has 2 unspecified atom stereocenters. The van der Waals surface area contributed by atoms with E-state index >= 15 is 0 Å². The Labute approximate surface area is 104 Å². The van der Waals surface area contributed by atoms with Crippen molar-refractivity contribution in [1.29, 1.82) is 0 Å². The van der Waals surface area contributed by atoms with Crippen molar-refractivity contribution < 1.29 is 0 Å². The highest BCUT2D eigenvalue weighted by molar-refractivity contribution is 5.09. The van der Waals surface area contributed by atoms with Crippen LogP contribution in [0.1, 0.15) is 32.3 Å². The van der Waals surface area contributed by atoms with Crippen LogP contribution in [0, 0.1) is 0 Å². The van der Waals surface area contributed by atoms with Crippen LogP contribution >= 0.6 is 0 Å². The van der Waals surface area contributed by atoms with E-state index in [2.05, 4.69) is 41.2 Å². The predicted molar refractivity (Wildman–Crippen MR) is 70.8 cm³/mol. The number of hydrogen-bond acceptors (Lipinski definition) is 3. The number of nitrogens with one attached hydrogen (secondary N) is 1. The summed E-state index contributed by atoms with van der Waals surface area (Å²) in [5.74, 6) is 0. The number of aromatic nitrogens is 1.